The van der Waals surface area contributed by atoms with E-state index < -0.39 is 21.5 Å². The van der Waals surface area contributed by atoms with Gasteiger partial charge in [-0.1, -0.05) is 11.6 Å². The van der Waals surface area contributed by atoms with E-state index in [9.17, 15) is 18.0 Å². The highest BCUT2D eigenvalue weighted by molar-refractivity contribution is 7.89. The molecule has 0 heterocycles. The molecule has 0 fully saturated rings. The largest absolute Gasteiger partial charge is 0.350 e. The number of halogens is 1. The minimum atomic E-state index is -3.70. The van der Waals surface area contributed by atoms with Crippen LogP contribution in [-0.4, -0.2) is 62.2 Å². The maximum absolute atomic E-state index is 12.8. The molecule has 0 radical (unpaired) electrons. The highest BCUT2D eigenvalue weighted by atomic mass is 35.5. The smallest absolute Gasteiger partial charge is 0.255 e. The van der Waals surface area contributed by atoms with Crippen LogP contribution in [-0.2, 0) is 14.8 Å². The van der Waals surface area contributed by atoms with E-state index in [0.717, 1.165) is 4.31 Å². The van der Waals surface area contributed by atoms with E-state index in [0.29, 0.717) is 0 Å². The van der Waals surface area contributed by atoms with Crippen molar-refractivity contribution >= 4 is 33.4 Å². The first-order valence-electron chi connectivity index (χ1n) is 8.12. The number of hydrogen-bond donors (Lipinski definition) is 1. The standard InChI is InChI=1S/C17H26ClN3O4S/c1-7-21(11-15(22)19-17(2,3)4)16(23)13-10-12(8-9-14(13)18)26(24,25)20(5)6/h8-10H,7,11H2,1-6H3,(H,19,22). The SMILES string of the molecule is CCN(CC(=O)NC(C)(C)C)C(=O)c1cc(S(=O)(=O)N(C)C)ccc1Cl. The molecule has 1 aromatic rings. The van der Waals surface area contributed by atoms with Gasteiger partial charge in [0.2, 0.25) is 15.9 Å². The molecule has 0 atom stereocenters. The number of rotatable bonds is 6. The Bertz CT molecular complexity index is 786. The van der Waals surface area contributed by atoms with Crippen molar-refractivity contribution in [2.75, 3.05) is 27.2 Å². The van der Waals surface area contributed by atoms with Crippen molar-refractivity contribution in [3.05, 3.63) is 28.8 Å². The topological polar surface area (TPSA) is 86.8 Å². The number of hydrogen-bond acceptors (Lipinski definition) is 4. The van der Waals surface area contributed by atoms with Crippen LogP contribution in [0.25, 0.3) is 0 Å². The van der Waals surface area contributed by atoms with Crippen LogP contribution in [0, 0.1) is 0 Å². The molecule has 0 aliphatic rings. The molecule has 0 aliphatic heterocycles. The Balaban J connectivity index is 3.16. The predicted octanol–water partition coefficient (Wildman–Crippen LogP) is 1.97. The molecule has 2 amide bonds. The molecule has 1 aromatic carbocycles. The van der Waals surface area contributed by atoms with Gasteiger partial charge in [0.15, 0.2) is 0 Å². The van der Waals surface area contributed by atoms with E-state index >= 15 is 0 Å². The van der Waals surface area contributed by atoms with E-state index in [2.05, 4.69) is 5.32 Å². The summed E-state index contributed by atoms with van der Waals surface area (Å²) in [4.78, 5) is 26.2. The molecule has 0 aromatic heterocycles. The summed E-state index contributed by atoms with van der Waals surface area (Å²) in [6.07, 6.45) is 0. The average Bonchev–Trinajstić information content (AvgIpc) is 2.50. The molecule has 0 unspecified atom stereocenters. The van der Waals surface area contributed by atoms with Crippen molar-refractivity contribution in [1.82, 2.24) is 14.5 Å². The van der Waals surface area contributed by atoms with Gasteiger partial charge >= 0.3 is 0 Å². The van der Waals surface area contributed by atoms with Crippen molar-refractivity contribution in [3.8, 4) is 0 Å². The molecule has 1 rings (SSSR count). The summed E-state index contributed by atoms with van der Waals surface area (Å²) < 4.78 is 25.6. The second kappa shape index (κ2) is 8.37. The summed E-state index contributed by atoms with van der Waals surface area (Å²) in [5, 5.41) is 2.91. The lowest BCUT2D eigenvalue weighted by atomic mass is 10.1. The fraction of sp³-hybridized carbons (Fsp3) is 0.529. The third-order valence-corrected chi connectivity index (χ3v) is 5.61. The lowest BCUT2D eigenvalue weighted by Gasteiger charge is -2.25. The number of nitrogens with one attached hydrogen (secondary N) is 1. The molecule has 26 heavy (non-hydrogen) atoms. The Kier molecular flexibility index (Phi) is 7.21. The average molecular weight is 404 g/mol. The molecule has 0 bridgehead atoms. The minimum Gasteiger partial charge on any atom is -0.350 e. The van der Waals surface area contributed by atoms with Gasteiger partial charge < -0.3 is 10.2 Å². The summed E-state index contributed by atoms with van der Waals surface area (Å²) in [6, 6.07) is 3.95. The van der Waals surface area contributed by atoms with Crippen LogP contribution in [0.1, 0.15) is 38.1 Å². The Morgan fingerprint density at radius 3 is 2.23 bits per heavy atom. The van der Waals surface area contributed by atoms with Gasteiger partial charge in [-0.05, 0) is 45.9 Å². The van der Waals surface area contributed by atoms with Gasteiger partial charge in [-0.3, -0.25) is 9.59 Å². The van der Waals surface area contributed by atoms with Crippen molar-refractivity contribution in [2.24, 2.45) is 0 Å². The summed E-state index contributed by atoms with van der Waals surface area (Å²) in [7, 11) is -0.898. The second-order valence-corrected chi connectivity index (χ2v) is 9.61. The fourth-order valence-corrected chi connectivity index (χ4v) is 3.30. The van der Waals surface area contributed by atoms with E-state index in [1.807, 2.05) is 20.8 Å². The first kappa shape index (κ1) is 22.4. The number of carbonyl (C=O) groups is 2. The molecule has 7 nitrogen and oxygen atoms in total. The molecule has 0 saturated carbocycles. The quantitative estimate of drug-likeness (QED) is 0.786. The lowest BCUT2D eigenvalue weighted by molar-refractivity contribution is -0.123. The van der Waals surface area contributed by atoms with Crippen molar-refractivity contribution in [3.63, 3.8) is 0 Å². The predicted molar refractivity (Wildman–Crippen MR) is 102 cm³/mol. The summed E-state index contributed by atoms with van der Waals surface area (Å²) in [5.74, 6) is -0.807. The summed E-state index contributed by atoms with van der Waals surface area (Å²) >= 11 is 6.11. The summed E-state index contributed by atoms with van der Waals surface area (Å²) in [5.41, 5.74) is -0.378. The maximum atomic E-state index is 12.8. The second-order valence-electron chi connectivity index (χ2n) is 7.05. The fourth-order valence-electron chi connectivity index (χ4n) is 2.17. The lowest BCUT2D eigenvalue weighted by Crippen LogP contribution is -2.47. The van der Waals surface area contributed by atoms with E-state index in [1.165, 1.54) is 37.2 Å². The number of amides is 2. The Morgan fingerprint density at radius 2 is 1.77 bits per heavy atom. The highest BCUT2D eigenvalue weighted by Crippen LogP contribution is 2.23. The monoisotopic (exact) mass is 403 g/mol. The van der Waals surface area contributed by atoms with Crippen molar-refractivity contribution in [2.45, 2.75) is 38.1 Å². The Hall–Kier alpha value is -1.64. The molecule has 9 heteroatoms. The molecule has 0 aliphatic carbocycles. The minimum absolute atomic E-state index is 0.0366. The van der Waals surface area contributed by atoms with Gasteiger partial charge in [0.05, 0.1) is 22.0 Å². The number of carbonyl (C=O) groups excluding carboxylic acids is 2. The normalized spacial score (nSPS) is 12.2. The van der Waals surface area contributed by atoms with Gasteiger partial charge in [-0.15, -0.1) is 0 Å². The van der Waals surface area contributed by atoms with E-state index in [4.69, 9.17) is 11.6 Å². The molecular weight excluding hydrogens is 378 g/mol. The molecule has 0 saturated heterocycles. The zero-order valence-corrected chi connectivity index (χ0v) is 17.5. The molecule has 1 N–H and O–H groups in total. The molecule has 146 valence electrons. The Labute approximate surface area is 160 Å². The first-order valence-corrected chi connectivity index (χ1v) is 9.93. The third kappa shape index (κ3) is 5.69. The number of likely N-dealkylation sites (N-methyl/N-ethyl adjacent to an activating group) is 1. The highest BCUT2D eigenvalue weighted by Gasteiger charge is 2.25. The van der Waals surface area contributed by atoms with Crippen LogP contribution in [0.3, 0.4) is 0 Å². The number of benzene rings is 1. The van der Waals surface area contributed by atoms with Gasteiger partial charge in [0.1, 0.15) is 0 Å². The first-order chi connectivity index (χ1) is 11.8. The van der Waals surface area contributed by atoms with Crippen LogP contribution in [0.15, 0.2) is 23.1 Å². The van der Waals surface area contributed by atoms with Crippen LogP contribution in [0.4, 0.5) is 0 Å². The Morgan fingerprint density at radius 1 is 1.19 bits per heavy atom. The zero-order chi connectivity index (χ0) is 20.3. The van der Waals surface area contributed by atoms with Gasteiger partial charge in [0.25, 0.3) is 5.91 Å². The summed E-state index contributed by atoms with van der Waals surface area (Å²) in [6.45, 7) is 7.39. The number of nitrogens with zero attached hydrogens (tertiary/aromatic N) is 2. The third-order valence-electron chi connectivity index (χ3n) is 3.46. The van der Waals surface area contributed by atoms with E-state index in [-0.39, 0.29) is 34.5 Å². The number of sulfonamides is 1. The van der Waals surface area contributed by atoms with Crippen LogP contribution >= 0.6 is 11.6 Å². The molecular formula is C17H26ClN3O4S. The van der Waals surface area contributed by atoms with Crippen LogP contribution in [0.5, 0.6) is 0 Å². The van der Waals surface area contributed by atoms with Gasteiger partial charge in [-0.2, -0.15) is 0 Å². The van der Waals surface area contributed by atoms with Crippen LogP contribution in [0.2, 0.25) is 5.02 Å². The van der Waals surface area contributed by atoms with Gasteiger partial charge in [0, 0.05) is 26.2 Å². The zero-order valence-electron chi connectivity index (χ0n) is 16.0. The van der Waals surface area contributed by atoms with Gasteiger partial charge in [-0.25, -0.2) is 12.7 Å². The van der Waals surface area contributed by atoms with Crippen molar-refractivity contribution in [1.29, 1.82) is 0 Å². The maximum Gasteiger partial charge on any atom is 0.255 e. The van der Waals surface area contributed by atoms with Crippen LogP contribution < -0.4 is 5.32 Å². The molecule has 0 spiro atoms. The van der Waals surface area contributed by atoms with Crippen molar-refractivity contribution < 1.29 is 18.0 Å². The van der Waals surface area contributed by atoms with E-state index in [1.54, 1.807) is 6.92 Å².